The summed E-state index contributed by atoms with van der Waals surface area (Å²) in [5, 5.41) is 2.36. The second kappa shape index (κ2) is 7.17. The van der Waals surface area contributed by atoms with Crippen LogP contribution in [0.3, 0.4) is 0 Å². The zero-order valence-electron chi connectivity index (χ0n) is 12.3. The lowest BCUT2D eigenvalue weighted by molar-refractivity contribution is -0.117. The smallest absolute Gasteiger partial charge is 0.277 e. The Kier molecular flexibility index (Phi) is 5.49. The van der Waals surface area contributed by atoms with Gasteiger partial charge in [-0.1, -0.05) is 25.0 Å². The van der Waals surface area contributed by atoms with Crippen LogP contribution < -0.4 is 14.8 Å². The molecule has 0 saturated heterocycles. The molecule has 2 rings (SSSR count). The Bertz CT molecular complexity index is 630. The van der Waals surface area contributed by atoms with Crippen molar-refractivity contribution in [1.82, 2.24) is 9.44 Å². The highest BCUT2D eigenvalue weighted by atomic mass is 32.2. The van der Waals surface area contributed by atoms with E-state index in [9.17, 15) is 17.6 Å². The second-order valence-corrected chi connectivity index (χ2v) is 6.89. The first-order valence-electron chi connectivity index (χ1n) is 7.22. The third-order valence-corrected chi connectivity index (χ3v) is 4.84. The molecule has 1 amide bonds. The summed E-state index contributed by atoms with van der Waals surface area (Å²) >= 11 is 0. The van der Waals surface area contributed by atoms with Gasteiger partial charge >= 0.3 is 0 Å². The summed E-state index contributed by atoms with van der Waals surface area (Å²) in [4.78, 5) is 11.9. The summed E-state index contributed by atoms with van der Waals surface area (Å²) in [6, 6.07) is 4.60. The maximum atomic E-state index is 13.5. The first-order valence-corrected chi connectivity index (χ1v) is 8.71. The molecule has 22 heavy (non-hydrogen) atoms. The summed E-state index contributed by atoms with van der Waals surface area (Å²) in [6.07, 6.45) is 3.60. The van der Waals surface area contributed by atoms with Gasteiger partial charge in [0.1, 0.15) is 5.82 Å². The van der Waals surface area contributed by atoms with Gasteiger partial charge < -0.3 is 5.32 Å². The first kappa shape index (κ1) is 16.9. The first-order chi connectivity index (χ1) is 10.4. The number of rotatable bonds is 6. The van der Waals surface area contributed by atoms with E-state index in [4.69, 9.17) is 0 Å². The molecule has 0 aliphatic heterocycles. The molecule has 0 radical (unpaired) electrons. The van der Waals surface area contributed by atoms with Gasteiger partial charge in [-0.25, -0.2) is 4.39 Å². The molecule has 0 bridgehead atoms. The topological polar surface area (TPSA) is 87.3 Å². The predicted octanol–water partition coefficient (Wildman–Crippen LogP) is 1.52. The van der Waals surface area contributed by atoms with Crippen molar-refractivity contribution in [2.75, 3.05) is 5.32 Å². The maximum Gasteiger partial charge on any atom is 0.277 e. The zero-order valence-corrected chi connectivity index (χ0v) is 13.1. The van der Waals surface area contributed by atoms with Gasteiger partial charge in [0.05, 0.1) is 11.7 Å². The van der Waals surface area contributed by atoms with E-state index in [-0.39, 0.29) is 11.7 Å². The Balaban J connectivity index is 1.91. The zero-order chi connectivity index (χ0) is 16.2. The Hall–Kier alpha value is -1.51. The molecule has 1 aromatic rings. The van der Waals surface area contributed by atoms with Crippen LogP contribution in [0, 0.1) is 5.82 Å². The van der Waals surface area contributed by atoms with Crippen molar-refractivity contribution >= 4 is 21.8 Å². The highest BCUT2D eigenvalue weighted by Gasteiger charge is 2.25. The molecule has 1 aliphatic carbocycles. The number of halogens is 1. The monoisotopic (exact) mass is 329 g/mol. The van der Waals surface area contributed by atoms with Gasteiger partial charge in [-0.3, -0.25) is 4.79 Å². The molecule has 1 unspecified atom stereocenters. The molecular formula is C14H20FN3O3S. The molecule has 3 N–H and O–H groups in total. The van der Waals surface area contributed by atoms with Crippen molar-refractivity contribution < 1.29 is 17.6 Å². The number of nitrogens with one attached hydrogen (secondary N) is 3. The van der Waals surface area contributed by atoms with Crippen molar-refractivity contribution in [2.45, 2.75) is 44.7 Å². The van der Waals surface area contributed by atoms with Gasteiger partial charge in [0.2, 0.25) is 5.91 Å². The number of hydrogen-bond acceptors (Lipinski definition) is 3. The molecule has 0 heterocycles. The largest absolute Gasteiger partial charge is 0.322 e. The third-order valence-electron chi connectivity index (χ3n) is 3.53. The van der Waals surface area contributed by atoms with Gasteiger partial charge in [0.25, 0.3) is 10.2 Å². The van der Waals surface area contributed by atoms with E-state index in [0.29, 0.717) is 0 Å². The standard InChI is InChI=1S/C14H20FN3O3S/c1-10(14(19)16-13-9-5-4-8-12(13)15)17-22(20,21)18-11-6-2-3-7-11/h4-5,8-11,17-18H,2-3,6-7H2,1H3,(H,16,19). The van der Waals surface area contributed by atoms with Gasteiger partial charge in [-0.05, 0) is 31.9 Å². The number of benzene rings is 1. The van der Waals surface area contributed by atoms with Crippen LogP contribution in [0.1, 0.15) is 32.6 Å². The number of carbonyl (C=O) groups excluding carboxylic acids is 1. The van der Waals surface area contributed by atoms with Crippen molar-refractivity contribution in [3.8, 4) is 0 Å². The molecule has 0 spiro atoms. The van der Waals surface area contributed by atoms with Gasteiger partial charge in [-0.2, -0.15) is 17.9 Å². The molecule has 1 aromatic carbocycles. The van der Waals surface area contributed by atoms with E-state index >= 15 is 0 Å². The molecule has 1 aliphatic rings. The van der Waals surface area contributed by atoms with Crippen LogP contribution in [0.25, 0.3) is 0 Å². The number of hydrogen-bond donors (Lipinski definition) is 3. The Morgan fingerprint density at radius 3 is 2.55 bits per heavy atom. The normalized spacial score (nSPS) is 17.4. The maximum absolute atomic E-state index is 13.5. The SMILES string of the molecule is CC(NS(=O)(=O)NC1CCCC1)C(=O)Nc1ccccc1F. The molecule has 0 aromatic heterocycles. The average Bonchev–Trinajstić information content (AvgIpc) is 2.92. The lowest BCUT2D eigenvalue weighted by Crippen LogP contribution is -2.49. The fourth-order valence-corrected chi connectivity index (χ4v) is 3.70. The summed E-state index contributed by atoms with van der Waals surface area (Å²) in [5.41, 5.74) is 0.0160. The summed E-state index contributed by atoms with van der Waals surface area (Å²) in [7, 11) is -3.77. The number of para-hydroxylation sites is 1. The van der Waals surface area contributed by atoms with E-state index in [1.54, 1.807) is 6.07 Å². The predicted molar refractivity (Wildman–Crippen MR) is 81.9 cm³/mol. The lowest BCUT2D eigenvalue weighted by atomic mass is 10.2. The van der Waals surface area contributed by atoms with E-state index in [0.717, 1.165) is 25.7 Å². The van der Waals surface area contributed by atoms with E-state index in [1.165, 1.54) is 25.1 Å². The summed E-state index contributed by atoms with van der Waals surface area (Å²) in [6.45, 7) is 1.41. The highest BCUT2D eigenvalue weighted by molar-refractivity contribution is 7.87. The highest BCUT2D eigenvalue weighted by Crippen LogP contribution is 2.18. The van der Waals surface area contributed by atoms with E-state index in [2.05, 4.69) is 14.8 Å². The Morgan fingerprint density at radius 1 is 1.27 bits per heavy atom. The molecule has 6 nitrogen and oxygen atoms in total. The molecular weight excluding hydrogens is 309 g/mol. The van der Waals surface area contributed by atoms with Crippen molar-refractivity contribution in [1.29, 1.82) is 0 Å². The fraction of sp³-hybridized carbons (Fsp3) is 0.500. The van der Waals surface area contributed by atoms with Crippen LogP contribution in [-0.2, 0) is 15.0 Å². The van der Waals surface area contributed by atoms with Crippen LogP contribution in [0.2, 0.25) is 0 Å². The minimum atomic E-state index is -3.77. The molecule has 1 fully saturated rings. The van der Waals surface area contributed by atoms with Crippen LogP contribution in [0.4, 0.5) is 10.1 Å². The van der Waals surface area contributed by atoms with Crippen LogP contribution in [0.5, 0.6) is 0 Å². The third kappa shape index (κ3) is 4.75. The molecule has 122 valence electrons. The van der Waals surface area contributed by atoms with Gasteiger partial charge in [-0.15, -0.1) is 0 Å². The Labute approximate surface area is 129 Å². The summed E-state index contributed by atoms with van der Waals surface area (Å²) < 4.78 is 42.1. The van der Waals surface area contributed by atoms with E-state index < -0.39 is 28.0 Å². The second-order valence-electron chi connectivity index (χ2n) is 5.41. The van der Waals surface area contributed by atoms with Crippen LogP contribution in [0.15, 0.2) is 24.3 Å². The molecule has 8 heteroatoms. The Morgan fingerprint density at radius 2 is 1.91 bits per heavy atom. The van der Waals surface area contributed by atoms with Crippen LogP contribution in [-0.4, -0.2) is 26.4 Å². The number of anilines is 1. The van der Waals surface area contributed by atoms with Crippen LogP contribution >= 0.6 is 0 Å². The molecule has 1 atom stereocenters. The van der Waals surface area contributed by atoms with Crippen molar-refractivity contribution in [2.24, 2.45) is 0 Å². The minimum Gasteiger partial charge on any atom is -0.322 e. The lowest BCUT2D eigenvalue weighted by Gasteiger charge is -2.17. The quantitative estimate of drug-likeness (QED) is 0.739. The molecule has 1 saturated carbocycles. The summed E-state index contributed by atoms with van der Waals surface area (Å²) in [5.74, 6) is -1.20. The minimum absolute atomic E-state index is 0.0160. The fourth-order valence-electron chi connectivity index (χ4n) is 2.39. The number of carbonyl (C=O) groups is 1. The van der Waals surface area contributed by atoms with Crippen molar-refractivity contribution in [3.05, 3.63) is 30.1 Å². The number of amides is 1. The van der Waals surface area contributed by atoms with E-state index in [1.807, 2.05) is 0 Å². The van der Waals surface area contributed by atoms with Crippen molar-refractivity contribution in [3.63, 3.8) is 0 Å². The van der Waals surface area contributed by atoms with Gasteiger partial charge in [0, 0.05) is 6.04 Å². The van der Waals surface area contributed by atoms with Gasteiger partial charge in [0.15, 0.2) is 0 Å². The average molecular weight is 329 g/mol.